The van der Waals surface area contributed by atoms with Gasteiger partial charge >= 0.3 is 0 Å². The Hall–Kier alpha value is -1.67. The quantitative estimate of drug-likeness (QED) is 0.844. The highest BCUT2D eigenvalue weighted by Gasteiger charge is 2.06. The Bertz CT molecular complexity index is 511. The van der Waals surface area contributed by atoms with Gasteiger partial charge in [-0.05, 0) is 36.8 Å². The topological polar surface area (TPSA) is 29.3 Å². The van der Waals surface area contributed by atoms with E-state index in [1.54, 1.807) is 0 Å². The van der Waals surface area contributed by atoms with Crippen molar-refractivity contribution < 1.29 is 0 Å². The van der Waals surface area contributed by atoms with Crippen LogP contribution in [-0.4, -0.2) is 6.54 Å². The van der Waals surface area contributed by atoms with Crippen molar-refractivity contribution in [2.24, 2.45) is 0 Å². The summed E-state index contributed by atoms with van der Waals surface area (Å²) in [5.41, 5.74) is 8.73. The minimum atomic E-state index is 0.622. The van der Waals surface area contributed by atoms with E-state index in [1.807, 2.05) is 36.4 Å². The Morgan fingerprint density at radius 2 is 1.83 bits per heavy atom. The first kappa shape index (κ1) is 12.8. The molecule has 0 aliphatic carbocycles. The van der Waals surface area contributed by atoms with Crippen molar-refractivity contribution in [3.63, 3.8) is 0 Å². The van der Waals surface area contributed by atoms with Gasteiger partial charge in [-0.2, -0.15) is 0 Å². The second kappa shape index (κ2) is 5.78. The summed E-state index contributed by atoms with van der Waals surface area (Å²) in [4.78, 5) is 2.29. The van der Waals surface area contributed by atoms with Crippen LogP contribution in [0.2, 0.25) is 5.02 Å². The van der Waals surface area contributed by atoms with E-state index in [2.05, 4.69) is 24.0 Å². The molecule has 0 amide bonds. The first-order valence-corrected chi connectivity index (χ1v) is 6.42. The van der Waals surface area contributed by atoms with Gasteiger partial charge in [-0.1, -0.05) is 35.9 Å². The van der Waals surface area contributed by atoms with E-state index in [-0.39, 0.29) is 0 Å². The van der Waals surface area contributed by atoms with Gasteiger partial charge in [0.15, 0.2) is 0 Å². The molecule has 3 heteroatoms. The van der Waals surface area contributed by atoms with E-state index >= 15 is 0 Å². The summed E-state index contributed by atoms with van der Waals surface area (Å²) in [5.74, 6) is 0. The van der Waals surface area contributed by atoms with Gasteiger partial charge in [0.2, 0.25) is 0 Å². The summed E-state index contributed by atoms with van der Waals surface area (Å²) in [7, 11) is 0. The fourth-order valence-electron chi connectivity index (χ4n) is 1.91. The van der Waals surface area contributed by atoms with Crippen molar-refractivity contribution in [2.45, 2.75) is 13.5 Å². The van der Waals surface area contributed by atoms with E-state index in [9.17, 15) is 0 Å². The average molecular weight is 261 g/mol. The summed E-state index contributed by atoms with van der Waals surface area (Å²) < 4.78 is 0. The minimum absolute atomic E-state index is 0.622. The standard InChI is InChI=1S/C15H17ClN2/c1-2-18(13-6-4-3-5-7-13)11-12-8-9-15(17)14(16)10-12/h3-10H,2,11,17H2,1H3. The van der Waals surface area contributed by atoms with Crippen LogP contribution < -0.4 is 10.6 Å². The highest BCUT2D eigenvalue weighted by molar-refractivity contribution is 6.33. The number of halogens is 1. The van der Waals surface area contributed by atoms with E-state index in [0.717, 1.165) is 13.1 Å². The molecule has 0 aliphatic rings. The first-order valence-electron chi connectivity index (χ1n) is 6.04. The molecule has 0 aliphatic heterocycles. The molecule has 0 spiro atoms. The second-order valence-corrected chi connectivity index (χ2v) is 4.61. The fourth-order valence-corrected chi connectivity index (χ4v) is 2.12. The van der Waals surface area contributed by atoms with Crippen molar-refractivity contribution in [3.05, 3.63) is 59.1 Å². The van der Waals surface area contributed by atoms with Crippen LogP contribution in [0.25, 0.3) is 0 Å². The van der Waals surface area contributed by atoms with Gasteiger partial charge in [-0.25, -0.2) is 0 Å². The van der Waals surface area contributed by atoms with Gasteiger partial charge in [0.05, 0.1) is 10.7 Å². The molecule has 18 heavy (non-hydrogen) atoms. The van der Waals surface area contributed by atoms with Crippen molar-refractivity contribution in [1.82, 2.24) is 0 Å². The molecule has 0 heterocycles. The van der Waals surface area contributed by atoms with Crippen molar-refractivity contribution in [2.75, 3.05) is 17.2 Å². The van der Waals surface area contributed by atoms with Crippen molar-refractivity contribution in [3.8, 4) is 0 Å². The predicted octanol–water partition coefficient (Wildman–Crippen LogP) is 3.95. The zero-order chi connectivity index (χ0) is 13.0. The molecule has 2 N–H and O–H groups in total. The molecule has 2 aromatic carbocycles. The number of nitrogens with zero attached hydrogens (tertiary/aromatic N) is 1. The van der Waals surface area contributed by atoms with E-state index < -0.39 is 0 Å². The molecular weight excluding hydrogens is 244 g/mol. The van der Waals surface area contributed by atoms with Gasteiger partial charge < -0.3 is 10.6 Å². The van der Waals surface area contributed by atoms with Gasteiger partial charge in [-0.3, -0.25) is 0 Å². The predicted molar refractivity (Wildman–Crippen MR) is 79.0 cm³/mol. The molecule has 2 nitrogen and oxygen atoms in total. The lowest BCUT2D eigenvalue weighted by Gasteiger charge is -2.23. The van der Waals surface area contributed by atoms with Crippen LogP contribution in [0.15, 0.2) is 48.5 Å². The Labute approximate surface area is 113 Å². The third-order valence-corrected chi connectivity index (χ3v) is 3.27. The molecule has 0 atom stereocenters. The number of nitrogen functional groups attached to an aromatic ring is 1. The monoisotopic (exact) mass is 260 g/mol. The van der Waals surface area contributed by atoms with Gasteiger partial charge in [-0.15, -0.1) is 0 Å². The van der Waals surface area contributed by atoms with E-state index in [4.69, 9.17) is 17.3 Å². The van der Waals surface area contributed by atoms with Crippen molar-refractivity contribution >= 4 is 23.0 Å². The summed E-state index contributed by atoms with van der Waals surface area (Å²) in [6.45, 7) is 3.93. The number of benzene rings is 2. The zero-order valence-electron chi connectivity index (χ0n) is 10.4. The van der Waals surface area contributed by atoms with Gasteiger partial charge in [0.1, 0.15) is 0 Å². The van der Waals surface area contributed by atoms with Crippen LogP contribution in [0.4, 0.5) is 11.4 Å². The number of hydrogen-bond acceptors (Lipinski definition) is 2. The highest BCUT2D eigenvalue weighted by Crippen LogP contribution is 2.22. The molecule has 0 bridgehead atoms. The van der Waals surface area contributed by atoms with Crippen LogP contribution >= 0.6 is 11.6 Å². The normalized spacial score (nSPS) is 10.3. The van der Waals surface area contributed by atoms with Crippen molar-refractivity contribution in [1.29, 1.82) is 0 Å². The third kappa shape index (κ3) is 2.96. The number of anilines is 2. The van der Waals surface area contributed by atoms with Gasteiger partial charge in [0.25, 0.3) is 0 Å². The number of rotatable bonds is 4. The summed E-state index contributed by atoms with van der Waals surface area (Å²) >= 11 is 6.04. The molecular formula is C15H17ClN2. The van der Waals surface area contributed by atoms with E-state index in [1.165, 1.54) is 11.3 Å². The van der Waals surface area contributed by atoms with Crippen LogP contribution in [0.5, 0.6) is 0 Å². The summed E-state index contributed by atoms with van der Waals surface area (Å²) in [5, 5.41) is 0.622. The lowest BCUT2D eigenvalue weighted by molar-refractivity contribution is 0.832. The lowest BCUT2D eigenvalue weighted by Crippen LogP contribution is -2.21. The highest BCUT2D eigenvalue weighted by atomic mass is 35.5. The molecule has 0 aromatic heterocycles. The fraction of sp³-hybridized carbons (Fsp3) is 0.200. The minimum Gasteiger partial charge on any atom is -0.398 e. The molecule has 0 saturated heterocycles. The lowest BCUT2D eigenvalue weighted by atomic mass is 10.2. The SMILES string of the molecule is CCN(Cc1ccc(N)c(Cl)c1)c1ccccc1. The molecule has 0 fully saturated rings. The van der Waals surface area contributed by atoms with Crippen LogP contribution in [0.1, 0.15) is 12.5 Å². The first-order chi connectivity index (χ1) is 8.70. The Kier molecular flexibility index (Phi) is 4.11. The smallest absolute Gasteiger partial charge is 0.0638 e. The number of para-hydroxylation sites is 1. The molecule has 0 unspecified atom stereocenters. The summed E-state index contributed by atoms with van der Waals surface area (Å²) in [6.07, 6.45) is 0. The van der Waals surface area contributed by atoms with Gasteiger partial charge in [0, 0.05) is 18.8 Å². The maximum Gasteiger partial charge on any atom is 0.0638 e. The Morgan fingerprint density at radius 1 is 1.11 bits per heavy atom. The van der Waals surface area contributed by atoms with Crippen LogP contribution in [0, 0.1) is 0 Å². The average Bonchev–Trinajstić information content (AvgIpc) is 2.41. The molecule has 94 valence electrons. The molecule has 2 rings (SSSR count). The molecule has 0 saturated carbocycles. The van der Waals surface area contributed by atoms with Crippen LogP contribution in [-0.2, 0) is 6.54 Å². The Morgan fingerprint density at radius 3 is 2.44 bits per heavy atom. The summed E-state index contributed by atoms with van der Waals surface area (Å²) in [6, 6.07) is 16.2. The number of nitrogens with two attached hydrogens (primary N) is 1. The zero-order valence-corrected chi connectivity index (χ0v) is 11.2. The second-order valence-electron chi connectivity index (χ2n) is 4.21. The number of hydrogen-bond donors (Lipinski definition) is 1. The Balaban J connectivity index is 2.18. The largest absolute Gasteiger partial charge is 0.398 e. The van der Waals surface area contributed by atoms with E-state index in [0.29, 0.717) is 10.7 Å². The maximum absolute atomic E-state index is 6.04. The maximum atomic E-state index is 6.04. The molecule has 0 radical (unpaired) electrons. The van der Waals surface area contributed by atoms with Crippen LogP contribution in [0.3, 0.4) is 0 Å². The third-order valence-electron chi connectivity index (χ3n) is 2.94. The molecule has 2 aromatic rings.